The monoisotopic (exact) mass is 475 g/mol. The topological polar surface area (TPSA) is 59.8 Å². The Bertz CT molecular complexity index is 968. The third-order valence-corrected chi connectivity index (χ3v) is 14.1. The van der Waals surface area contributed by atoms with Gasteiger partial charge >= 0.3 is 0 Å². The van der Waals surface area contributed by atoms with Crippen LogP contribution in [0, 0.1) is 19.3 Å². The van der Waals surface area contributed by atoms with E-state index < -0.39 is 24.4 Å². The largest absolute Gasteiger partial charge is 0.467 e. The van der Waals surface area contributed by atoms with Crippen molar-refractivity contribution in [2.24, 2.45) is 0 Å². The molecule has 1 atom stereocenters. The van der Waals surface area contributed by atoms with Crippen LogP contribution in [0.1, 0.15) is 59.0 Å². The third-order valence-electron chi connectivity index (χ3n) is 6.21. The summed E-state index contributed by atoms with van der Waals surface area (Å²) in [6, 6.07) is 10.5. The quantitative estimate of drug-likeness (QED) is 0.289. The molecule has 7 heteroatoms. The summed E-state index contributed by atoms with van der Waals surface area (Å²) in [6.07, 6.45) is 6.63. The molecule has 1 unspecified atom stereocenters. The molecule has 0 aliphatic heterocycles. The zero-order valence-electron chi connectivity index (χ0n) is 20.3. The van der Waals surface area contributed by atoms with E-state index in [1.165, 1.54) is 4.31 Å². The SMILES string of the molecule is C#CCN(CC(O[Si](C(C)C)(C(C)C)C(C)C)c1ccco1)S(=O)(=O)c1ccc(C)cc1. The number of aryl methyl sites for hydroxylation is 1. The smallest absolute Gasteiger partial charge is 0.244 e. The lowest BCUT2D eigenvalue weighted by molar-refractivity contribution is 0.129. The molecule has 1 aromatic heterocycles. The number of nitrogens with zero attached hydrogens (tertiary/aromatic N) is 1. The molecule has 0 radical (unpaired) electrons. The van der Waals surface area contributed by atoms with Crippen LogP contribution in [0.4, 0.5) is 0 Å². The van der Waals surface area contributed by atoms with Gasteiger partial charge in [0.15, 0.2) is 0 Å². The van der Waals surface area contributed by atoms with Crippen molar-refractivity contribution in [3.05, 3.63) is 54.0 Å². The highest BCUT2D eigenvalue weighted by Crippen LogP contribution is 2.45. The molecule has 5 nitrogen and oxygen atoms in total. The average molecular weight is 476 g/mol. The van der Waals surface area contributed by atoms with Gasteiger partial charge in [0, 0.05) is 6.54 Å². The molecule has 0 N–H and O–H groups in total. The fourth-order valence-electron chi connectivity index (χ4n) is 4.71. The predicted molar refractivity (Wildman–Crippen MR) is 132 cm³/mol. The number of rotatable bonds is 11. The molecule has 1 heterocycles. The second-order valence-electron chi connectivity index (χ2n) is 9.25. The third kappa shape index (κ3) is 5.55. The Hall–Kier alpha value is -1.85. The first-order valence-corrected chi connectivity index (χ1v) is 14.8. The van der Waals surface area contributed by atoms with Gasteiger partial charge in [0.1, 0.15) is 11.9 Å². The lowest BCUT2D eigenvalue weighted by Gasteiger charge is -2.44. The number of sulfonamides is 1. The van der Waals surface area contributed by atoms with Crippen LogP contribution in [0.2, 0.25) is 16.6 Å². The van der Waals surface area contributed by atoms with Gasteiger partial charge in [0.05, 0.1) is 17.7 Å². The fourth-order valence-corrected chi connectivity index (χ4v) is 11.6. The maximum atomic E-state index is 13.5. The van der Waals surface area contributed by atoms with Gasteiger partial charge in [0.2, 0.25) is 18.3 Å². The molecule has 2 rings (SSSR count). The van der Waals surface area contributed by atoms with E-state index in [1.54, 1.807) is 36.6 Å². The zero-order chi connectivity index (χ0) is 24.1. The highest BCUT2D eigenvalue weighted by Gasteiger charge is 2.47. The molecular formula is C25H37NO4SSi. The molecule has 0 saturated heterocycles. The van der Waals surface area contributed by atoms with Crippen molar-refractivity contribution in [3.63, 3.8) is 0 Å². The van der Waals surface area contributed by atoms with Crippen molar-refractivity contribution in [2.45, 2.75) is 76.1 Å². The van der Waals surface area contributed by atoms with Crippen LogP contribution in [-0.2, 0) is 14.4 Å². The van der Waals surface area contributed by atoms with Crippen LogP contribution in [0.25, 0.3) is 0 Å². The van der Waals surface area contributed by atoms with Crippen LogP contribution < -0.4 is 0 Å². The molecule has 0 amide bonds. The normalized spacial score (nSPS) is 13.8. The van der Waals surface area contributed by atoms with Crippen LogP contribution in [0.5, 0.6) is 0 Å². The summed E-state index contributed by atoms with van der Waals surface area (Å²) in [4.78, 5) is 0.219. The van der Waals surface area contributed by atoms with E-state index in [0.717, 1.165) is 5.56 Å². The van der Waals surface area contributed by atoms with Gasteiger partial charge in [-0.15, -0.1) is 6.42 Å². The van der Waals surface area contributed by atoms with Gasteiger partial charge in [-0.05, 0) is 47.8 Å². The van der Waals surface area contributed by atoms with E-state index >= 15 is 0 Å². The maximum Gasteiger partial charge on any atom is 0.244 e. The lowest BCUT2D eigenvalue weighted by Crippen LogP contribution is -2.50. The van der Waals surface area contributed by atoms with E-state index in [-0.39, 0.29) is 18.0 Å². The molecule has 32 heavy (non-hydrogen) atoms. The Balaban J connectivity index is 2.50. The summed E-state index contributed by atoms with van der Waals surface area (Å²) < 4.78 is 40.9. The summed E-state index contributed by atoms with van der Waals surface area (Å²) >= 11 is 0. The van der Waals surface area contributed by atoms with Gasteiger partial charge in [-0.2, -0.15) is 4.31 Å². The van der Waals surface area contributed by atoms with E-state index in [4.69, 9.17) is 15.3 Å². The molecular weight excluding hydrogens is 438 g/mol. The van der Waals surface area contributed by atoms with Crippen molar-refractivity contribution < 1.29 is 17.3 Å². The van der Waals surface area contributed by atoms with Crippen LogP contribution in [0.3, 0.4) is 0 Å². The van der Waals surface area contributed by atoms with E-state index in [9.17, 15) is 8.42 Å². The van der Waals surface area contributed by atoms with Gasteiger partial charge in [-0.1, -0.05) is 65.2 Å². The van der Waals surface area contributed by atoms with Crippen molar-refractivity contribution >= 4 is 18.3 Å². The van der Waals surface area contributed by atoms with Crippen LogP contribution in [-0.4, -0.2) is 34.1 Å². The number of benzene rings is 1. The standard InChI is InChI=1S/C25H37NO4SSi/c1-9-16-26(31(27,28)23-14-12-22(8)13-15-23)18-25(24-11-10-17-29-24)30-32(19(2)3,20(4)5)21(6)7/h1,10-15,17,19-21,25H,16,18H2,2-8H3. The number of hydrogen-bond acceptors (Lipinski definition) is 4. The van der Waals surface area contributed by atoms with Gasteiger partial charge in [-0.3, -0.25) is 0 Å². The highest BCUT2D eigenvalue weighted by atomic mass is 32.2. The first-order chi connectivity index (χ1) is 15.0. The summed E-state index contributed by atoms with van der Waals surface area (Å²) in [5.41, 5.74) is 2.02. The van der Waals surface area contributed by atoms with Gasteiger partial charge in [0.25, 0.3) is 0 Å². The maximum absolute atomic E-state index is 13.5. The first-order valence-electron chi connectivity index (χ1n) is 11.2. The summed E-state index contributed by atoms with van der Waals surface area (Å²) in [6.45, 7) is 15.2. The van der Waals surface area contributed by atoms with Gasteiger partial charge < -0.3 is 8.84 Å². The van der Waals surface area contributed by atoms with E-state index in [0.29, 0.717) is 22.4 Å². The summed E-state index contributed by atoms with van der Waals surface area (Å²) in [5, 5.41) is 0. The molecule has 0 aliphatic rings. The Morgan fingerprint density at radius 3 is 2.03 bits per heavy atom. The minimum absolute atomic E-state index is 0.0453. The Labute approximate surface area is 195 Å². The second kappa shape index (κ2) is 10.8. The average Bonchev–Trinajstić information content (AvgIpc) is 3.24. The molecule has 2 aromatic rings. The van der Waals surface area contributed by atoms with Crippen LogP contribution in [0.15, 0.2) is 52.0 Å². The number of hydrogen-bond donors (Lipinski definition) is 0. The lowest BCUT2D eigenvalue weighted by atomic mass is 10.2. The zero-order valence-corrected chi connectivity index (χ0v) is 22.1. The Kier molecular flexibility index (Phi) is 8.95. The molecule has 0 saturated carbocycles. The van der Waals surface area contributed by atoms with Crippen molar-refractivity contribution in [1.82, 2.24) is 4.31 Å². The molecule has 0 fully saturated rings. The molecule has 1 aromatic carbocycles. The number of terminal acetylenes is 1. The Morgan fingerprint density at radius 1 is 1.03 bits per heavy atom. The van der Waals surface area contributed by atoms with E-state index in [2.05, 4.69) is 47.5 Å². The van der Waals surface area contributed by atoms with Crippen molar-refractivity contribution in [2.75, 3.05) is 13.1 Å². The fraction of sp³-hybridized carbons (Fsp3) is 0.520. The molecule has 176 valence electrons. The minimum atomic E-state index is -3.80. The highest BCUT2D eigenvalue weighted by molar-refractivity contribution is 7.89. The van der Waals surface area contributed by atoms with E-state index in [1.807, 2.05) is 13.0 Å². The van der Waals surface area contributed by atoms with Gasteiger partial charge in [-0.25, -0.2) is 8.42 Å². The van der Waals surface area contributed by atoms with Crippen LogP contribution >= 0.6 is 0 Å². The first kappa shape index (κ1) is 26.4. The summed E-state index contributed by atoms with van der Waals surface area (Å²) in [5.74, 6) is 3.12. The molecule has 0 bridgehead atoms. The van der Waals surface area contributed by atoms with Crippen molar-refractivity contribution in [3.8, 4) is 12.3 Å². The van der Waals surface area contributed by atoms with Crippen molar-refractivity contribution in [1.29, 1.82) is 0 Å². The predicted octanol–water partition coefficient (Wildman–Crippen LogP) is 6.15. The minimum Gasteiger partial charge on any atom is -0.467 e. The molecule has 0 spiro atoms. The second-order valence-corrected chi connectivity index (χ2v) is 16.6. The molecule has 0 aliphatic carbocycles. The summed E-state index contributed by atoms with van der Waals surface area (Å²) in [7, 11) is -6.11. The Morgan fingerprint density at radius 2 is 1.59 bits per heavy atom. The number of furan rings is 1.